The lowest BCUT2D eigenvalue weighted by atomic mass is 10.1. The Bertz CT molecular complexity index is 481. The van der Waals surface area contributed by atoms with Gasteiger partial charge in [0, 0.05) is 16.6 Å². The number of ether oxygens (including phenoxy) is 1. The van der Waals surface area contributed by atoms with Crippen molar-refractivity contribution in [2.45, 2.75) is 13.3 Å². The Hall–Kier alpha value is -1.20. The number of hydrogen-bond donors (Lipinski definition) is 1. The Morgan fingerprint density at radius 2 is 2.22 bits per heavy atom. The fourth-order valence-corrected chi connectivity index (χ4v) is 2.25. The molecule has 4 nitrogen and oxygen atoms in total. The van der Waals surface area contributed by atoms with Crippen LogP contribution in [0.2, 0.25) is 0 Å². The number of nitrogens with one attached hydrogen (secondary N) is 1. The first kappa shape index (κ1) is 13.2. The number of halogens is 1. The molecule has 1 fully saturated rings. The van der Waals surface area contributed by atoms with Crippen molar-refractivity contribution in [3.05, 3.63) is 28.2 Å². The molecule has 1 atom stereocenters. The third-order valence-corrected chi connectivity index (χ3v) is 3.41. The van der Waals surface area contributed by atoms with Gasteiger partial charge in [0.2, 0.25) is 5.91 Å². The molecule has 0 unspecified atom stereocenters. The van der Waals surface area contributed by atoms with Gasteiger partial charge in [-0.15, -0.1) is 0 Å². The molecule has 1 aliphatic rings. The molecule has 0 bridgehead atoms. The lowest BCUT2D eigenvalue weighted by molar-refractivity contribution is -0.119. The summed E-state index contributed by atoms with van der Waals surface area (Å²) >= 11 is 3.31. The number of rotatable bonds is 3. The highest BCUT2D eigenvalue weighted by molar-refractivity contribution is 9.10. The standard InChI is InChI=1S/C13H14BrNO3/c1-8(16)11-6-10(14)2-3-12(11)15-13(17)9-4-5-18-7-9/h2-3,6,9H,4-5,7H2,1H3,(H,15,17)/t9-/m1/s1. The molecule has 2 rings (SSSR count). The van der Waals surface area contributed by atoms with Crippen LogP contribution >= 0.6 is 15.9 Å². The highest BCUT2D eigenvalue weighted by Gasteiger charge is 2.24. The van der Waals surface area contributed by atoms with Crippen LogP contribution in [-0.2, 0) is 9.53 Å². The molecule has 0 saturated carbocycles. The number of carbonyl (C=O) groups excluding carboxylic acids is 2. The van der Waals surface area contributed by atoms with Crippen molar-refractivity contribution in [1.29, 1.82) is 0 Å². The first-order chi connectivity index (χ1) is 8.58. The predicted octanol–water partition coefficient (Wildman–Crippen LogP) is 2.63. The first-order valence-corrected chi connectivity index (χ1v) is 6.56. The van der Waals surface area contributed by atoms with Gasteiger partial charge in [0.15, 0.2) is 5.78 Å². The quantitative estimate of drug-likeness (QED) is 0.873. The monoisotopic (exact) mass is 311 g/mol. The van der Waals surface area contributed by atoms with Crippen LogP contribution < -0.4 is 5.32 Å². The van der Waals surface area contributed by atoms with E-state index in [1.54, 1.807) is 18.2 Å². The highest BCUT2D eigenvalue weighted by Crippen LogP contribution is 2.23. The maximum atomic E-state index is 12.0. The molecule has 0 spiro atoms. The van der Waals surface area contributed by atoms with Crippen molar-refractivity contribution >= 4 is 33.3 Å². The summed E-state index contributed by atoms with van der Waals surface area (Å²) < 4.78 is 5.99. The van der Waals surface area contributed by atoms with Crippen LogP contribution in [0.15, 0.2) is 22.7 Å². The predicted molar refractivity (Wildman–Crippen MR) is 71.7 cm³/mol. The van der Waals surface area contributed by atoms with Crippen LogP contribution in [0.3, 0.4) is 0 Å². The van der Waals surface area contributed by atoms with Crippen molar-refractivity contribution in [1.82, 2.24) is 0 Å². The average Bonchev–Trinajstić information content (AvgIpc) is 2.84. The van der Waals surface area contributed by atoms with Gasteiger partial charge in [0.25, 0.3) is 0 Å². The number of Topliss-reactive ketones (excluding diaryl/α,β-unsaturated/α-hetero) is 1. The van der Waals surface area contributed by atoms with Gasteiger partial charge in [-0.05, 0) is 31.5 Å². The van der Waals surface area contributed by atoms with E-state index < -0.39 is 0 Å². The molecule has 1 amide bonds. The molecule has 0 aliphatic carbocycles. The fourth-order valence-electron chi connectivity index (χ4n) is 1.89. The smallest absolute Gasteiger partial charge is 0.229 e. The summed E-state index contributed by atoms with van der Waals surface area (Å²) in [6, 6.07) is 5.24. The van der Waals surface area contributed by atoms with E-state index in [-0.39, 0.29) is 17.6 Å². The maximum absolute atomic E-state index is 12.0. The third-order valence-electron chi connectivity index (χ3n) is 2.92. The molecular weight excluding hydrogens is 298 g/mol. The first-order valence-electron chi connectivity index (χ1n) is 5.77. The summed E-state index contributed by atoms with van der Waals surface area (Å²) in [5, 5.41) is 2.80. The highest BCUT2D eigenvalue weighted by atomic mass is 79.9. The van der Waals surface area contributed by atoms with Crippen molar-refractivity contribution in [2.75, 3.05) is 18.5 Å². The molecule has 0 aromatic heterocycles. The van der Waals surface area contributed by atoms with Gasteiger partial charge in [0.05, 0.1) is 18.2 Å². The minimum absolute atomic E-state index is 0.0747. The number of amides is 1. The molecule has 0 radical (unpaired) electrons. The molecule has 96 valence electrons. The van der Waals surface area contributed by atoms with Crippen LogP contribution in [0, 0.1) is 5.92 Å². The average molecular weight is 312 g/mol. The molecule has 5 heteroatoms. The molecule has 1 aromatic carbocycles. The van der Waals surface area contributed by atoms with Crippen LogP contribution in [0.4, 0.5) is 5.69 Å². The van der Waals surface area contributed by atoms with Gasteiger partial charge in [-0.25, -0.2) is 0 Å². The zero-order valence-corrected chi connectivity index (χ0v) is 11.6. The van der Waals surface area contributed by atoms with E-state index in [9.17, 15) is 9.59 Å². The lowest BCUT2D eigenvalue weighted by Gasteiger charge is -2.12. The summed E-state index contributed by atoms with van der Waals surface area (Å²) in [6.07, 6.45) is 0.734. The normalized spacial score (nSPS) is 18.7. The number of ketones is 1. The van der Waals surface area contributed by atoms with Crippen molar-refractivity contribution in [2.24, 2.45) is 5.92 Å². The second-order valence-corrected chi connectivity index (χ2v) is 5.21. The van der Waals surface area contributed by atoms with E-state index in [0.29, 0.717) is 24.5 Å². The molecule has 1 heterocycles. The van der Waals surface area contributed by atoms with Gasteiger partial charge >= 0.3 is 0 Å². The summed E-state index contributed by atoms with van der Waals surface area (Å²) in [5.74, 6) is -0.278. The van der Waals surface area contributed by atoms with Crippen LogP contribution in [0.1, 0.15) is 23.7 Å². The minimum Gasteiger partial charge on any atom is -0.381 e. The van der Waals surface area contributed by atoms with E-state index in [1.807, 2.05) is 0 Å². The topological polar surface area (TPSA) is 55.4 Å². The zero-order valence-electron chi connectivity index (χ0n) is 10.0. The Morgan fingerprint density at radius 1 is 1.44 bits per heavy atom. The van der Waals surface area contributed by atoms with Crippen molar-refractivity contribution < 1.29 is 14.3 Å². The van der Waals surface area contributed by atoms with Gasteiger partial charge in [0.1, 0.15) is 0 Å². The summed E-state index contributed by atoms with van der Waals surface area (Å²) in [6.45, 7) is 2.56. The van der Waals surface area contributed by atoms with Crippen LogP contribution in [-0.4, -0.2) is 24.9 Å². The van der Waals surface area contributed by atoms with Gasteiger partial charge < -0.3 is 10.1 Å². The van der Waals surface area contributed by atoms with E-state index >= 15 is 0 Å². The van der Waals surface area contributed by atoms with Crippen LogP contribution in [0.25, 0.3) is 0 Å². The van der Waals surface area contributed by atoms with E-state index in [4.69, 9.17) is 4.74 Å². The largest absolute Gasteiger partial charge is 0.381 e. The SMILES string of the molecule is CC(=O)c1cc(Br)ccc1NC(=O)[C@@H]1CCOC1. The van der Waals surface area contributed by atoms with E-state index in [1.165, 1.54) is 6.92 Å². The summed E-state index contributed by atoms with van der Waals surface area (Å²) in [4.78, 5) is 23.5. The molecule has 1 aromatic rings. The van der Waals surface area contributed by atoms with Crippen molar-refractivity contribution in [3.63, 3.8) is 0 Å². The Balaban J connectivity index is 2.17. The number of carbonyl (C=O) groups is 2. The van der Waals surface area contributed by atoms with E-state index in [0.717, 1.165) is 10.9 Å². The van der Waals surface area contributed by atoms with Crippen molar-refractivity contribution in [3.8, 4) is 0 Å². The fraction of sp³-hybridized carbons (Fsp3) is 0.385. The summed E-state index contributed by atoms with van der Waals surface area (Å²) in [7, 11) is 0. The second kappa shape index (κ2) is 5.63. The Labute approximate surface area is 114 Å². The molecule has 1 aliphatic heterocycles. The second-order valence-electron chi connectivity index (χ2n) is 4.30. The molecule has 1 N–H and O–H groups in total. The number of benzene rings is 1. The molecule has 1 saturated heterocycles. The summed E-state index contributed by atoms with van der Waals surface area (Å²) in [5.41, 5.74) is 1.07. The van der Waals surface area contributed by atoms with Gasteiger partial charge in [-0.1, -0.05) is 15.9 Å². The number of anilines is 1. The lowest BCUT2D eigenvalue weighted by Crippen LogP contribution is -2.23. The van der Waals surface area contributed by atoms with Crippen LogP contribution in [0.5, 0.6) is 0 Å². The molecule has 18 heavy (non-hydrogen) atoms. The van der Waals surface area contributed by atoms with E-state index in [2.05, 4.69) is 21.2 Å². The maximum Gasteiger partial charge on any atom is 0.229 e. The Morgan fingerprint density at radius 3 is 2.83 bits per heavy atom. The molecular formula is C13H14BrNO3. The van der Waals surface area contributed by atoms with Gasteiger partial charge in [-0.3, -0.25) is 9.59 Å². The minimum atomic E-state index is -0.117. The van der Waals surface area contributed by atoms with Gasteiger partial charge in [-0.2, -0.15) is 0 Å². The number of hydrogen-bond acceptors (Lipinski definition) is 3. The zero-order chi connectivity index (χ0) is 13.1. The third kappa shape index (κ3) is 2.97. The Kier molecular flexibility index (Phi) is 4.14.